The second-order valence-electron chi connectivity index (χ2n) is 6.52. The van der Waals surface area contributed by atoms with Gasteiger partial charge in [-0.25, -0.2) is 18.2 Å². The first-order valence-electron chi connectivity index (χ1n) is 8.48. The maximum Gasteiger partial charge on any atom is 0.267 e. The predicted molar refractivity (Wildman–Crippen MR) is 94.2 cm³/mol. The SMILES string of the molecule is NC(=O)c1ccc(/C=C2/CCCC(F)(F)CC2)c(-c2ccc(F)cc2)n1. The summed E-state index contributed by atoms with van der Waals surface area (Å²) in [7, 11) is 0. The summed E-state index contributed by atoms with van der Waals surface area (Å²) in [4.78, 5) is 15.8. The van der Waals surface area contributed by atoms with Crippen LogP contribution >= 0.6 is 0 Å². The molecule has 1 aromatic carbocycles. The van der Waals surface area contributed by atoms with E-state index < -0.39 is 11.8 Å². The summed E-state index contributed by atoms with van der Waals surface area (Å²) in [5, 5.41) is 0. The van der Waals surface area contributed by atoms with E-state index in [4.69, 9.17) is 5.73 Å². The molecule has 0 atom stereocenters. The van der Waals surface area contributed by atoms with Crippen molar-refractivity contribution in [2.24, 2.45) is 5.73 Å². The number of allylic oxidation sites excluding steroid dienone is 1. The van der Waals surface area contributed by atoms with Crippen molar-refractivity contribution in [1.82, 2.24) is 4.98 Å². The Labute approximate surface area is 149 Å². The third-order valence-corrected chi connectivity index (χ3v) is 4.51. The van der Waals surface area contributed by atoms with Crippen LogP contribution < -0.4 is 5.73 Å². The molecule has 2 aromatic rings. The van der Waals surface area contributed by atoms with Gasteiger partial charge in [0.15, 0.2) is 0 Å². The zero-order chi connectivity index (χ0) is 18.7. The standard InChI is InChI=1S/C20H19F3N2O/c21-16-6-3-14(4-7-16)18-15(5-8-17(25-18)19(24)26)12-13-2-1-10-20(22,23)11-9-13/h3-8,12H,1-2,9-11H2,(H2,24,26)/b13-12-. The van der Waals surface area contributed by atoms with Gasteiger partial charge in [-0.3, -0.25) is 4.79 Å². The number of benzene rings is 1. The summed E-state index contributed by atoms with van der Waals surface area (Å²) in [5.41, 5.74) is 8.12. The minimum atomic E-state index is -2.62. The number of amides is 1. The summed E-state index contributed by atoms with van der Waals surface area (Å²) in [6.45, 7) is 0. The number of halogens is 3. The fraction of sp³-hybridized carbons (Fsp3) is 0.300. The molecule has 1 saturated carbocycles. The summed E-state index contributed by atoms with van der Waals surface area (Å²) in [5.74, 6) is -3.67. The van der Waals surface area contributed by atoms with Gasteiger partial charge in [0.25, 0.3) is 5.91 Å². The normalized spacial score (nSPS) is 18.5. The number of primary amides is 1. The lowest BCUT2D eigenvalue weighted by Crippen LogP contribution is -2.13. The third-order valence-electron chi connectivity index (χ3n) is 4.51. The number of nitrogens with two attached hydrogens (primary N) is 1. The molecule has 1 aromatic heterocycles. The first kappa shape index (κ1) is 18.2. The Bertz CT molecular complexity index is 845. The highest BCUT2D eigenvalue weighted by Gasteiger charge is 2.30. The van der Waals surface area contributed by atoms with Gasteiger partial charge in [0.05, 0.1) is 5.69 Å². The first-order chi connectivity index (χ1) is 12.3. The van der Waals surface area contributed by atoms with Crippen molar-refractivity contribution in [3.8, 4) is 11.3 Å². The number of carbonyl (C=O) groups is 1. The fourth-order valence-corrected chi connectivity index (χ4v) is 3.09. The zero-order valence-corrected chi connectivity index (χ0v) is 14.1. The van der Waals surface area contributed by atoms with Crippen LogP contribution in [0.3, 0.4) is 0 Å². The molecule has 3 nitrogen and oxygen atoms in total. The molecule has 26 heavy (non-hydrogen) atoms. The van der Waals surface area contributed by atoms with Crippen molar-refractivity contribution in [3.63, 3.8) is 0 Å². The van der Waals surface area contributed by atoms with Crippen LogP contribution in [-0.4, -0.2) is 16.8 Å². The summed E-state index contributed by atoms with van der Waals surface area (Å²) >= 11 is 0. The number of pyridine rings is 1. The lowest BCUT2D eigenvalue weighted by atomic mass is 9.99. The molecule has 0 bridgehead atoms. The van der Waals surface area contributed by atoms with Gasteiger partial charge in [-0.1, -0.05) is 17.7 Å². The molecule has 0 saturated heterocycles. The molecule has 136 valence electrons. The highest BCUT2D eigenvalue weighted by atomic mass is 19.3. The van der Waals surface area contributed by atoms with Crippen LogP contribution in [0.4, 0.5) is 13.2 Å². The Balaban J connectivity index is 2.02. The minimum absolute atomic E-state index is 0.0962. The van der Waals surface area contributed by atoms with Gasteiger partial charge < -0.3 is 5.73 Å². The van der Waals surface area contributed by atoms with Crippen LogP contribution in [0.2, 0.25) is 0 Å². The van der Waals surface area contributed by atoms with Crippen molar-refractivity contribution in [2.45, 2.75) is 38.0 Å². The number of aromatic nitrogens is 1. The molecule has 2 N–H and O–H groups in total. The van der Waals surface area contributed by atoms with E-state index in [9.17, 15) is 18.0 Å². The van der Waals surface area contributed by atoms with E-state index in [-0.39, 0.29) is 24.4 Å². The van der Waals surface area contributed by atoms with E-state index in [1.807, 2.05) is 6.08 Å². The molecule has 0 unspecified atom stereocenters. The van der Waals surface area contributed by atoms with Gasteiger partial charge in [0, 0.05) is 24.0 Å². The molecule has 0 aliphatic heterocycles. The van der Waals surface area contributed by atoms with Crippen molar-refractivity contribution in [3.05, 3.63) is 59.0 Å². The molecule has 6 heteroatoms. The average molecular weight is 360 g/mol. The summed E-state index contributed by atoms with van der Waals surface area (Å²) < 4.78 is 40.4. The molecule has 1 aliphatic rings. The Morgan fingerprint density at radius 2 is 1.81 bits per heavy atom. The summed E-state index contributed by atoms with van der Waals surface area (Å²) in [6.07, 6.45) is 2.91. The van der Waals surface area contributed by atoms with Crippen LogP contribution in [0.25, 0.3) is 17.3 Å². The Kier molecular flexibility index (Phi) is 5.11. The Hall–Kier alpha value is -2.63. The number of hydrogen-bond donors (Lipinski definition) is 1. The van der Waals surface area contributed by atoms with Crippen molar-refractivity contribution >= 4 is 12.0 Å². The molecule has 1 fully saturated rings. The van der Waals surface area contributed by atoms with Crippen molar-refractivity contribution in [1.29, 1.82) is 0 Å². The molecule has 0 spiro atoms. The largest absolute Gasteiger partial charge is 0.364 e. The fourth-order valence-electron chi connectivity index (χ4n) is 3.09. The van der Waals surface area contributed by atoms with Gasteiger partial charge in [0.1, 0.15) is 11.5 Å². The Morgan fingerprint density at radius 1 is 1.08 bits per heavy atom. The van der Waals surface area contributed by atoms with E-state index in [1.54, 1.807) is 18.2 Å². The van der Waals surface area contributed by atoms with E-state index in [1.165, 1.54) is 18.2 Å². The van der Waals surface area contributed by atoms with Crippen LogP contribution in [-0.2, 0) is 0 Å². The van der Waals surface area contributed by atoms with E-state index in [0.717, 1.165) is 5.57 Å². The number of alkyl halides is 2. The number of rotatable bonds is 3. The van der Waals surface area contributed by atoms with E-state index in [2.05, 4.69) is 4.98 Å². The monoisotopic (exact) mass is 360 g/mol. The maximum atomic E-state index is 13.6. The highest BCUT2D eigenvalue weighted by molar-refractivity contribution is 5.92. The highest BCUT2D eigenvalue weighted by Crippen LogP contribution is 2.35. The molecule has 3 rings (SSSR count). The van der Waals surface area contributed by atoms with Crippen LogP contribution in [0.5, 0.6) is 0 Å². The molecular formula is C20H19F3N2O. The molecule has 1 heterocycles. The van der Waals surface area contributed by atoms with Gasteiger partial charge in [-0.05, 0) is 49.6 Å². The second-order valence-corrected chi connectivity index (χ2v) is 6.52. The second kappa shape index (κ2) is 7.32. The van der Waals surface area contributed by atoms with Gasteiger partial charge in [0.2, 0.25) is 5.92 Å². The number of hydrogen-bond acceptors (Lipinski definition) is 2. The third kappa shape index (κ3) is 4.31. The van der Waals surface area contributed by atoms with Gasteiger partial charge >= 0.3 is 0 Å². The van der Waals surface area contributed by atoms with Crippen molar-refractivity contribution < 1.29 is 18.0 Å². The zero-order valence-electron chi connectivity index (χ0n) is 14.1. The van der Waals surface area contributed by atoms with Crippen LogP contribution in [0, 0.1) is 5.82 Å². The van der Waals surface area contributed by atoms with Crippen LogP contribution in [0.1, 0.15) is 48.2 Å². The predicted octanol–water partition coefficient (Wildman–Crippen LogP) is 4.97. The van der Waals surface area contributed by atoms with E-state index >= 15 is 0 Å². The number of carbonyl (C=O) groups excluding carboxylic acids is 1. The van der Waals surface area contributed by atoms with Gasteiger partial charge in [-0.15, -0.1) is 0 Å². The lowest BCUT2D eigenvalue weighted by molar-refractivity contribution is -0.0131. The minimum Gasteiger partial charge on any atom is -0.364 e. The smallest absolute Gasteiger partial charge is 0.267 e. The van der Waals surface area contributed by atoms with Gasteiger partial charge in [-0.2, -0.15) is 0 Å². The topological polar surface area (TPSA) is 56.0 Å². The first-order valence-corrected chi connectivity index (χ1v) is 8.48. The molecular weight excluding hydrogens is 341 g/mol. The Morgan fingerprint density at radius 3 is 2.50 bits per heavy atom. The quantitative estimate of drug-likeness (QED) is 0.786. The van der Waals surface area contributed by atoms with Crippen LogP contribution in [0.15, 0.2) is 42.0 Å². The summed E-state index contributed by atoms with van der Waals surface area (Å²) in [6, 6.07) is 8.93. The lowest BCUT2D eigenvalue weighted by Gasteiger charge is -2.11. The molecule has 1 aliphatic carbocycles. The van der Waals surface area contributed by atoms with Crippen molar-refractivity contribution in [2.75, 3.05) is 0 Å². The average Bonchev–Trinajstić information content (AvgIpc) is 2.76. The molecule has 1 amide bonds. The maximum absolute atomic E-state index is 13.6. The number of nitrogens with zero attached hydrogens (tertiary/aromatic N) is 1. The van der Waals surface area contributed by atoms with E-state index in [0.29, 0.717) is 36.1 Å². The molecule has 0 radical (unpaired) electrons.